The van der Waals surface area contributed by atoms with Crippen molar-refractivity contribution in [2.75, 3.05) is 6.61 Å². The Balaban J connectivity index is 2.48. The van der Waals surface area contributed by atoms with Crippen LogP contribution in [0.4, 0.5) is 0 Å². The Morgan fingerprint density at radius 2 is 1.59 bits per heavy atom. The average Bonchev–Trinajstić information content (AvgIpc) is 2.26. The zero-order chi connectivity index (χ0) is 12.7. The minimum atomic E-state index is -1.30. The Kier molecular flexibility index (Phi) is 5.00. The monoisotopic (exact) mass is 236 g/mol. The van der Waals surface area contributed by atoms with Gasteiger partial charge in [-0.2, -0.15) is 0 Å². The average molecular weight is 236 g/mol. The molecule has 0 aromatic heterocycles. The smallest absolute Gasteiger partial charge is 0.119 e. The van der Waals surface area contributed by atoms with E-state index in [1.54, 1.807) is 24.3 Å². The number of hydrogen-bond acceptors (Lipinski definition) is 5. The minimum absolute atomic E-state index is 0.00593. The molecule has 0 bridgehead atoms. The van der Waals surface area contributed by atoms with Crippen molar-refractivity contribution >= 4 is 11.9 Å². The lowest BCUT2D eigenvalue weighted by Crippen LogP contribution is -2.32. The Labute approximate surface area is 98.6 Å². The number of aliphatic carboxylic acids is 2. The number of rotatable bonds is 7. The van der Waals surface area contributed by atoms with Crippen molar-refractivity contribution in [2.45, 2.75) is 12.8 Å². The summed E-state index contributed by atoms with van der Waals surface area (Å²) in [5, 5.41) is 20.8. The van der Waals surface area contributed by atoms with Crippen LogP contribution < -0.4 is 14.9 Å². The molecule has 1 aromatic rings. The molecule has 1 aromatic carbocycles. The maximum atomic E-state index is 10.4. The first-order chi connectivity index (χ1) is 8.08. The van der Waals surface area contributed by atoms with Crippen LogP contribution in [0.25, 0.3) is 0 Å². The standard InChI is InChI=1S/C12H14O5/c13-11(14)6-9(7-12(15)16)8-17-10-4-2-1-3-5-10/h1-5,9H,6-8H2,(H,13,14)(H,15,16)/p-2. The molecule has 0 radical (unpaired) electrons. The molecule has 1 rings (SSSR count). The number of carboxylic acid groups (broad SMARTS) is 2. The molecule has 0 aliphatic carbocycles. The van der Waals surface area contributed by atoms with Crippen LogP contribution in [0.1, 0.15) is 12.8 Å². The zero-order valence-electron chi connectivity index (χ0n) is 9.13. The molecule has 92 valence electrons. The van der Waals surface area contributed by atoms with Gasteiger partial charge < -0.3 is 24.5 Å². The predicted molar refractivity (Wildman–Crippen MR) is 54.7 cm³/mol. The third-order valence-corrected chi connectivity index (χ3v) is 2.14. The van der Waals surface area contributed by atoms with Gasteiger partial charge in [-0.3, -0.25) is 0 Å². The fourth-order valence-corrected chi connectivity index (χ4v) is 1.39. The second kappa shape index (κ2) is 6.52. The molecular formula is C12H12O5-2. The number of hydrogen-bond donors (Lipinski definition) is 0. The summed E-state index contributed by atoms with van der Waals surface area (Å²) in [6.07, 6.45) is -0.721. The molecule has 5 heteroatoms. The van der Waals surface area contributed by atoms with Gasteiger partial charge in [-0.25, -0.2) is 0 Å². The van der Waals surface area contributed by atoms with Crippen LogP contribution in [-0.2, 0) is 9.59 Å². The van der Waals surface area contributed by atoms with Gasteiger partial charge >= 0.3 is 0 Å². The molecule has 0 saturated heterocycles. The van der Waals surface area contributed by atoms with Crippen LogP contribution in [0.5, 0.6) is 5.75 Å². The Morgan fingerprint density at radius 1 is 1.06 bits per heavy atom. The van der Waals surface area contributed by atoms with E-state index >= 15 is 0 Å². The second-order valence-corrected chi connectivity index (χ2v) is 3.64. The van der Waals surface area contributed by atoms with Crippen LogP contribution >= 0.6 is 0 Å². The van der Waals surface area contributed by atoms with Gasteiger partial charge in [-0.05, 0) is 25.0 Å². The molecule has 0 atom stereocenters. The van der Waals surface area contributed by atoms with E-state index in [4.69, 9.17) is 4.74 Å². The first-order valence-electron chi connectivity index (χ1n) is 5.15. The summed E-state index contributed by atoms with van der Waals surface area (Å²) in [5.74, 6) is -2.68. The summed E-state index contributed by atoms with van der Waals surface area (Å²) >= 11 is 0. The normalized spacial score (nSPS) is 10.2. The number of ether oxygens (including phenoxy) is 1. The Hall–Kier alpha value is -2.04. The molecule has 0 amide bonds. The molecular weight excluding hydrogens is 224 g/mol. The van der Waals surface area contributed by atoms with E-state index in [9.17, 15) is 19.8 Å². The van der Waals surface area contributed by atoms with E-state index < -0.39 is 17.9 Å². The van der Waals surface area contributed by atoms with Crippen molar-refractivity contribution in [1.29, 1.82) is 0 Å². The van der Waals surface area contributed by atoms with Gasteiger partial charge in [0.2, 0.25) is 0 Å². The van der Waals surface area contributed by atoms with Gasteiger partial charge in [0.25, 0.3) is 0 Å². The van der Waals surface area contributed by atoms with E-state index in [0.717, 1.165) is 0 Å². The first kappa shape index (κ1) is 13.0. The predicted octanol–water partition coefficient (Wildman–Crippen LogP) is -1.04. The van der Waals surface area contributed by atoms with Crippen molar-refractivity contribution in [3.8, 4) is 5.75 Å². The lowest BCUT2D eigenvalue weighted by Gasteiger charge is -2.18. The highest BCUT2D eigenvalue weighted by Crippen LogP contribution is 2.13. The highest BCUT2D eigenvalue weighted by atomic mass is 16.5. The van der Waals surface area contributed by atoms with Gasteiger partial charge in [0, 0.05) is 17.9 Å². The maximum absolute atomic E-state index is 10.4. The van der Waals surface area contributed by atoms with Gasteiger partial charge in [0.05, 0.1) is 6.61 Å². The van der Waals surface area contributed by atoms with E-state index in [2.05, 4.69) is 0 Å². The lowest BCUT2D eigenvalue weighted by atomic mass is 10.0. The molecule has 0 aliphatic heterocycles. The summed E-state index contributed by atoms with van der Waals surface area (Å²) in [4.78, 5) is 20.8. The number of carboxylic acids is 2. The zero-order valence-corrected chi connectivity index (χ0v) is 9.13. The Bertz CT molecular complexity index is 358. The molecule has 0 saturated carbocycles. The molecule has 0 aliphatic rings. The van der Waals surface area contributed by atoms with E-state index in [-0.39, 0.29) is 19.4 Å². The number of para-hydroxylation sites is 1. The Morgan fingerprint density at radius 3 is 2.06 bits per heavy atom. The van der Waals surface area contributed by atoms with Crippen molar-refractivity contribution in [1.82, 2.24) is 0 Å². The third-order valence-electron chi connectivity index (χ3n) is 2.14. The van der Waals surface area contributed by atoms with Crippen molar-refractivity contribution in [2.24, 2.45) is 5.92 Å². The van der Waals surface area contributed by atoms with Crippen molar-refractivity contribution in [3.63, 3.8) is 0 Å². The third kappa shape index (κ3) is 5.55. The molecule has 0 unspecified atom stereocenters. The SMILES string of the molecule is O=C([O-])CC(COc1ccccc1)CC(=O)[O-]. The highest BCUT2D eigenvalue weighted by molar-refractivity contribution is 5.68. The molecule has 17 heavy (non-hydrogen) atoms. The number of benzene rings is 1. The largest absolute Gasteiger partial charge is 0.550 e. The van der Waals surface area contributed by atoms with Crippen LogP contribution in [0.15, 0.2) is 30.3 Å². The topological polar surface area (TPSA) is 89.5 Å². The summed E-state index contributed by atoms with van der Waals surface area (Å²) in [7, 11) is 0. The summed E-state index contributed by atoms with van der Waals surface area (Å²) in [6, 6.07) is 8.75. The molecule has 5 nitrogen and oxygen atoms in total. The molecule has 0 fully saturated rings. The van der Waals surface area contributed by atoms with Gasteiger partial charge in [0.1, 0.15) is 5.75 Å². The van der Waals surface area contributed by atoms with Crippen molar-refractivity contribution in [3.05, 3.63) is 30.3 Å². The van der Waals surface area contributed by atoms with Crippen LogP contribution in [0.2, 0.25) is 0 Å². The fraction of sp³-hybridized carbons (Fsp3) is 0.333. The number of carbonyl (C=O) groups excluding carboxylic acids is 2. The number of carbonyl (C=O) groups is 2. The quantitative estimate of drug-likeness (QED) is 0.603. The fourth-order valence-electron chi connectivity index (χ4n) is 1.39. The van der Waals surface area contributed by atoms with Gasteiger partial charge in [0.15, 0.2) is 0 Å². The minimum Gasteiger partial charge on any atom is -0.550 e. The van der Waals surface area contributed by atoms with Gasteiger partial charge in [-0.15, -0.1) is 0 Å². The van der Waals surface area contributed by atoms with E-state index in [1.807, 2.05) is 6.07 Å². The summed E-state index contributed by atoms with van der Waals surface area (Å²) in [5.41, 5.74) is 0. The van der Waals surface area contributed by atoms with Crippen LogP contribution in [-0.4, -0.2) is 18.5 Å². The van der Waals surface area contributed by atoms with E-state index in [0.29, 0.717) is 5.75 Å². The van der Waals surface area contributed by atoms with Crippen molar-refractivity contribution < 1.29 is 24.5 Å². The second-order valence-electron chi connectivity index (χ2n) is 3.64. The summed E-state index contributed by atoms with van der Waals surface area (Å²) in [6.45, 7) is 0.00593. The van der Waals surface area contributed by atoms with Gasteiger partial charge in [-0.1, -0.05) is 18.2 Å². The molecule has 0 heterocycles. The van der Waals surface area contributed by atoms with Crippen LogP contribution in [0.3, 0.4) is 0 Å². The summed E-state index contributed by atoms with van der Waals surface area (Å²) < 4.78 is 5.29. The highest BCUT2D eigenvalue weighted by Gasteiger charge is 2.10. The molecule has 0 spiro atoms. The van der Waals surface area contributed by atoms with E-state index in [1.165, 1.54) is 0 Å². The molecule has 0 N–H and O–H groups in total. The maximum Gasteiger partial charge on any atom is 0.119 e. The van der Waals surface area contributed by atoms with Crippen LogP contribution in [0, 0.1) is 5.92 Å². The lowest BCUT2D eigenvalue weighted by molar-refractivity contribution is -0.310. The first-order valence-corrected chi connectivity index (χ1v) is 5.15.